The molecule has 58 valence electrons. The third-order valence-electron chi connectivity index (χ3n) is 1.07. The minimum Gasteiger partial charge on any atom is -0.260 e. The van der Waals surface area contributed by atoms with Crippen molar-refractivity contribution in [2.45, 2.75) is 4.83 Å². The van der Waals surface area contributed by atoms with Crippen LogP contribution in [0.1, 0.15) is 0 Å². The van der Waals surface area contributed by atoms with Gasteiger partial charge in [0.25, 0.3) is 0 Å². The van der Waals surface area contributed by atoms with E-state index in [0.717, 1.165) is 0 Å². The zero-order chi connectivity index (χ0) is 8.43. The molecule has 1 unspecified atom stereocenters. The summed E-state index contributed by atoms with van der Waals surface area (Å²) in [5, 5.41) is 10.1. The molecule has 0 fully saturated rings. The number of carbonyl (C=O) groups excluding carboxylic acids is 1. The molecule has 1 aliphatic heterocycles. The van der Waals surface area contributed by atoms with Crippen LogP contribution >= 0.6 is 15.9 Å². The number of allylic oxidation sites excluding steroid dienone is 1. The summed E-state index contributed by atoms with van der Waals surface area (Å²) in [4.78, 5) is 23.0. The third kappa shape index (κ3) is 1.70. The molecule has 11 heavy (non-hydrogen) atoms. The second-order valence-electron chi connectivity index (χ2n) is 1.84. The number of hydrogen-bond acceptors (Lipinski definition) is 3. The van der Waals surface area contributed by atoms with Crippen LogP contribution in [0.4, 0.5) is 0 Å². The van der Waals surface area contributed by atoms with Crippen molar-refractivity contribution in [2.24, 2.45) is 4.99 Å². The molecular formula is C5H3BrN2O3. The van der Waals surface area contributed by atoms with E-state index in [1.54, 1.807) is 0 Å². The maximum atomic E-state index is 10.7. The topological polar surface area (TPSA) is 72.6 Å². The number of rotatable bonds is 1. The van der Waals surface area contributed by atoms with Crippen LogP contribution in [0.15, 0.2) is 16.8 Å². The average molecular weight is 219 g/mol. The minimum absolute atomic E-state index is 0.319. The highest BCUT2D eigenvalue weighted by molar-refractivity contribution is 9.10. The van der Waals surface area contributed by atoms with Gasteiger partial charge in [-0.25, -0.2) is 4.99 Å². The molecule has 0 saturated carbocycles. The Hall–Kier alpha value is -1.04. The quantitative estimate of drug-likeness (QED) is 0.366. The minimum atomic E-state index is -0.800. The Morgan fingerprint density at radius 2 is 2.36 bits per heavy atom. The Morgan fingerprint density at radius 3 is 2.82 bits per heavy atom. The van der Waals surface area contributed by atoms with Crippen molar-refractivity contribution in [3.8, 4) is 0 Å². The average Bonchev–Trinajstić information content (AvgIpc) is 1.94. The standard InChI is InChI=1S/C5H3BrN2O3/c6-3-1-4(8(10)11)5(9)7-2-3/h1-3H. The SMILES string of the molecule is O=C1N=CC(Br)C=C1[N+](=O)[O-]. The maximum absolute atomic E-state index is 10.7. The van der Waals surface area contributed by atoms with E-state index in [4.69, 9.17) is 0 Å². The molecular weight excluding hydrogens is 216 g/mol. The molecule has 5 nitrogen and oxygen atoms in total. The first-order chi connectivity index (χ1) is 5.11. The Labute approximate surface area is 70.1 Å². The summed E-state index contributed by atoms with van der Waals surface area (Å²) in [6, 6.07) is 0. The molecule has 0 aromatic heterocycles. The lowest BCUT2D eigenvalue weighted by Crippen LogP contribution is -2.16. The highest BCUT2D eigenvalue weighted by Gasteiger charge is 2.25. The van der Waals surface area contributed by atoms with E-state index in [1.807, 2.05) is 0 Å². The van der Waals surface area contributed by atoms with Gasteiger partial charge in [0.1, 0.15) is 0 Å². The lowest BCUT2D eigenvalue weighted by atomic mass is 10.3. The van der Waals surface area contributed by atoms with Crippen LogP contribution in [-0.4, -0.2) is 21.9 Å². The van der Waals surface area contributed by atoms with Crippen molar-refractivity contribution < 1.29 is 9.72 Å². The number of carbonyl (C=O) groups is 1. The van der Waals surface area contributed by atoms with Gasteiger partial charge in [-0.2, -0.15) is 0 Å². The van der Waals surface area contributed by atoms with Gasteiger partial charge in [-0.05, 0) is 0 Å². The molecule has 0 bridgehead atoms. The van der Waals surface area contributed by atoms with Crippen LogP contribution in [0, 0.1) is 10.1 Å². The third-order valence-corrected chi connectivity index (χ3v) is 1.57. The molecule has 0 spiro atoms. The predicted molar refractivity (Wildman–Crippen MR) is 41.3 cm³/mol. The summed E-state index contributed by atoms with van der Waals surface area (Å²) in [7, 11) is 0. The van der Waals surface area contributed by atoms with Crippen LogP contribution in [0.25, 0.3) is 0 Å². The molecule has 1 aliphatic rings. The first-order valence-corrected chi connectivity index (χ1v) is 3.61. The number of halogens is 1. The molecule has 6 heteroatoms. The van der Waals surface area contributed by atoms with Crippen molar-refractivity contribution in [3.05, 3.63) is 21.9 Å². The molecule has 0 aromatic rings. The van der Waals surface area contributed by atoms with Crippen molar-refractivity contribution in [1.82, 2.24) is 0 Å². The predicted octanol–water partition coefficient (Wildman–Crippen LogP) is 0.522. The molecule has 0 aliphatic carbocycles. The number of aliphatic imine (C=N–C) groups is 1. The van der Waals surface area contributed by atoms with Gasteiger partial charge in [-0.3, -0.25) is 14.9 Å². The smallest absolute Gasteiger partial charge is 0.260 e. The summed E-state index contributed by atoms with van der Waals surface area (Å²) in [6.45, 7) is 0. The summed E-state index contributed by atoms with van der Waals surface area (Å²) in [5.41, 5.74) is -0.477. The van der Waals surface area contributed by atoms with Crippen LogP contribution in [0.3, 0.4) is 0 Å². The number of nitro groups is 1. The Bertz CT molecular complexity index is 271. The molecule has 0 saturated heterocycles. The fourth-order valence-corrected chi connectivity index (χ4v) is 0.978. The van der Waals surface area contributed by atoms with Crippen molar-refractivity contribution >= 4 is 28.1 Å². The first kappa shape index (κ1) is 8.06. The van der Waals surface area contributed by atoms with E-state index < -0.39 is 16.5 Å². The molecule has 0 aromatic carbocycles. The van der Waals surface area contributed by atoms with Gasteiger partial charge < -0.3 is 0 Å². The van der Waals surface area contributed by atoms with E-state index >= 15 is 0 Å². The lowest BCUT2D eigenvalue weighted by Gasteiger charge is -2.00. The van der Waals surface area contributed by atoms with E-state index in [0.29, 0.717) is 0 Å². The Morgan fingerprint density at radius 1 is 1.73 bits per heavy atom. The summed E-state index contributed by atoms with van der Waals surface area (Å²) in [6.07, 6.45) is 2.50. The van der Waals surface area contributed by atoms with Crippen molar-refractivity contribution in [1.29, 1.82) is 0 Å². The van der Waals surface area contributed by atoms with Gasteiger partial charge >= 0.3 is 11.6 Å². The van der Waals surface area contributed by atoms with Crippen LogP contribution in [0.5, 0.6) is 0 Å². The molecule has 1 atom stereocenters. The van der Waals surface area contributed by atoms with E-state index in [2.05, 4.69) is 20.9 Å². The van der Waals surface area contributed by atoms with E-state index in [1.165, 1.54) is 12.3 Å². The Balaban J connectivity index is 2.94. The van der Waals surface area contributed by atoms with Crippen LogP contribution < -0.4 is 0 Å². The fourth-order valence-electron chi connectivity index (χ4n) is 0.609. The number of alkyl halides is 1. The van der Waals surface area contributed by atoms with Crippen molar-refractivity contribution in [3.63, 3.8) is 0 Å². The maximum Gasteiger partial charge on any atom is 0.347 e. The highest BCUT2D eigenvalue weighted by Crippen LogP contribution is 2.10. The largest absolute Gasteiger partial charge is 0.347 e. The van der Waals surface area contributed by atoms with Crippen LogP contribution in [-0.2, 0) is 4.79 Å². The van der Waals surface area contributed by atoms with Gasteiger partial charge in [0.2, 0.25) is 0 Å². The fraction of sp³-hybridized carbons (Fsp3) is 0.200. The second-order valence-corrected chi connectivity index (χ2v) is 2.89. The number of dihydropyridines is 1. The second kappa shape index (κ2) is 2.91. The number of nitrogens with zero attached hydrogens (tertiary/aromatic N) is 2. The van der Waals surface area contributed by atoms with E-state index in [-0.39, 0.29) is 4.83 Å². The molecule has 1 amide bonds. The van der Waals surface area contributed by atoms with Gasteiger partial charge in [0.15, 0.2) is 0 Å². The van der Waals surface area contributed by atoms with Gasteiger partial charge in [0.05, 0.1) is 9.75 Å². The molecule has 0 radical (unpaired) electrons. The molecule has 0 N–H and O–H groups in total. The monoisotopic (exact) mass is 218 g/mol. The normalized spacial score (nSPS) is 23.2. The van der Waals surface area contributed by atoms with Gasteiger partial charge in [-0.1, -0.05) is 15.9 Å². The van der Waals surface area contributed by atoms with Crippen LogP contribution in [0.2, 0.25) is 0 Å². The first-order valence-electron chi connectivity index (χ1n) is 2.70. The summed E-state index contributed by atoms with van der Waals surface area (Å²) in [5.74, 6) is -0.800. The van der Waals surface area contributed by atoms with Gasteiger partial charge in [-0.15, -0.1) is 0 Å². The highest BCUT2D eigenvalue weighted by atomic mass is 79.9. The van der Waals surface area contributed by atoms with Gasteiger partial charge in [0, 0.05) is 12.3 Å². The van der Waals surface area contributed by atoms with Crippen molar-refractivity contribution in [2.75, 3.05) is 0 Å². The molecule has 1 heterocycles. The lowest BCUT2D eigenvalue weighted by molar-refractivity contribution is -0.419. The Kier molecular flexibility index (Phi) is 2.13. The zero-order valence-electron chi connectivity index (χ0n) is 5.23. The number of hydrogen-bond donors (Lipinski definition) is 0. The summed E-state index contributed by atoms with van der Waals surface area (Å²) >= 11 is 3.04. The summed E-state index contributed by atoms with van der Waals surface area (Å²) < 4.78 is 0. The zero-order valence-corrected chi connectivity index (χ0v) is 6.82. The van der Waals surface area contributed by atoms with E-state index in [9.17, 15) is 14.9 Å². The number of amides is 1. The molecule has 1 rings (SSSR count).